The molecule has 1 saturated heterocycles. The van der Waals surface area contributed by atoms with Crippen molar-refractivity contribution in [1.29, 1.82) is 0 Å². The normalized spacial score (nSPS) is 13.5. The van der Waals surface area contributed by atoms with Crippen LogP contribution >= 0.6 is 11.6 Å². The van der Waals surface area contributed by atoms with Gasteiger partial charge in [-0.3, -0.25) is 14.9 Å². The molecular weight excluding hydrogens is 426 g/mol. The van der Waals surface area contributed by atoms with Crippen molar-refractivity contribution in [2.24, 2.45) is 0 Å². The highest BCUT2D eigenvalue weighted by Crippen LogP contribution is 2.28. The lowest BCUT2D eigenvalue weighted by Crippen LogP contribution is -2.37. The van der Waals surface area contributed by atoms with Crippen molar-refractivity contribution >= 4 is 40.5 Å². The highest BCUT2D eigenvalue weighted by molar-refractivity contribution is 6.34. The van der Waals surface area contributed by atoms with E-state index in [1.165, 1.54) is 18.2 Å². The molecular formula is C21H22ClN3O6. The number of amides is 1. The van der Waals surface area contributed by atoms with Gasteiger partial charge in [-0.05, 0) is 30.7 Å². The van der Waals surface area contributed by atoms with Crippen LogP contribution in [0.15, 0.2) is 36.4 Å². The largest absolute Gasteiger partial charge is 0.462 e. The molecule has 0 saturated carbocycles. The van der Waals surface area contributed by atoms with Crippen molar-refractivity contribution in [3.05, 3.63) is 62.7 Å². The minimum absolute atomic E-state index is 0.0387. The molecule has 0 unspecified atom stereocenters. The number of hydrogen-bond donors (Lipinski definition) is 1. The van der Waals surface area contributed by atoms with E-state index in [0.717, 1.165) is 6.07 Å². The molecule has 0 atom stereocenters. The minimum Gasteiger partial charge on any atom is -0.462 e. The average molecular weight is 448 g/mol. The topological polar surface area (TPSA) is 111 Å². The van der Waals surface area contributed by atoms with E-state index in [1.54, 1.807) is 12.1 Å². The molecule has 10 heteroatoms. The number of benzene rings is 2. The second kappa shape index (κ2) is 10.2. The molecule has 1 amide bonds. The summed E-state index contributed by atoms with van der Waals surface area (Å²) in [6, 6.07) is 8.55. The van der Waals surface area contributed by atoms with E-state index in [9.17, 15) is 19.7 Å². The molecule has 1 aliphatic heterocycles. The predicted octanol–water partition coefficient (Wildman–Crippen LogP) is 3.90. The summed E-state index contributed by atoms with van der Waals surface area (Å²) in [7, 11) is 0. The molecule has 2 aromatic carbocycles. The van der Waals surface area contributed by atoms with Crippen LogP contribution in [0.2, 0.25) is 5.02 Å². The Bertz CT molecular complexity index is 991. The van der Waals surface area contributed by atoms with Crippen LogP contribution in [-0.4, -0.2) is 49.7 Å². The second-order valence-corrected chi connectivity index (χ2v) is 7.25. The maximum absolute atomic E-state index is 12.7. The Morgan fingerprint density at radius 1 is 1.19 bits per heavy atom. The van der Waals surface area contributed by atoms with Crippen LogP contribution < -0.4 is 10.2 Å². The van der Waals surface area contributed by atoms with E-state index in [4.69, 9.17) is 21.1 Å². The summed E-state index contributed by atoms with van der Waals surface area (Å²) in [5.74, 6) is -1.12. The number of nitro groups is 1. The average Bonchev–Trinajstić information content (AvgIpc) is 2.78. The molecule has 164 valence electrons. The highest BCUT2D eigenvalue weighted by Gasteiger charge is 2.22. The van der Waals surface area contributed by atoms with Crippen molar-refractivity contribution in [1.82, 2.24) is 0 Å². The van der Waals surface area contributed by atoms with Gasteiger partial charge in [0.25, 0.3) is 11.6 Å². The van der Waals surface area contributed by atoms with Gasteiger partial charge in [-0.25, -0.2) is 4.79 Å². The van der Waals surface area contributed by atoms with E-state index < -0.39 is 16.8 Å². The quantitative estimate of drug-likeness (QED) is 0.389. The predicted molar refractivity (Wildman–Crippen MR) is 116 cm³/mol. The molecule has 2 aromatic rings. The number of carbonyl (C=O) groups excluding carboxylic acids is 2. The molecule has 1 fully saturated rings. The van der Waals surface area contributed by atoms with Gasteiger partial charge >= 0.3 is 5.97 Å². The number of nitrogens with zero attached hydrogens (tertiary/aromatic N) is 2. The van der Waals surface area contributed by atoms with E-state index in [1.807, 2.05) is 11.8 Å². The summed E-state index contributed by atoms with van der Waals surface area (Å²) in [5.41, 5.74) is 1.06. The molecule has 3 rings (SSSR count). The zero-order chi connectivity index (χ0) is 22.4. The van der Waals surface area contributed by atoms with Crippen molar-refractivity contribution in [2.75, 3.05) is 43.1 Å². The van der Waals surface area contributed by atoms with E-state index >= 15 is 0 Å². The second-order valence-electron chi connectivity index (χ2n) is 6.84. The minimum atomic E-state index is -0.624. The smallest absolute Gasteiger partial charge is 0.340 e. The Morgan fingerprint density at radius 3 is 2.61 bits per heavy atom. The number of rotatable bonds is 7. The third kappa shape index (κ3) is 5.50. The lowest BCUT2D eigenvalue weighted by molar-refractivity contribution is -0.384. The Kier molecular flexibility index (Phi) is 7.43. The van der Waals surface area contributed by atoms with Gasteiger partial charge in [0.2, 0.25) is 0 Å². The molecule has 1 N–H and O–H groups in total. The summed E-state index contributed by atoms with van der Waals surface area (Å²) < 4.78 is 10.7. The number of ether oxygens (including phenoxy) is 2. The van der Waals surface area contributed by atoms with Crippen LogP contribution in [0.25, 0.3) is 0 Å². The summed E-state index contributed by atoms with van der Waals surface area (Å²) in [5, 5.41) is 13.7. The Hall–Kier alpha value is -3.17. The maximum atomic E-state index is 12.7. The van der Waals surface area contributed by atoms with E-state index in [0.29, 0.717) is 49.7 Å². The number of esters is 1. The Balaban J connectivity index is 1.89. The number of halogens is 1. The summed E-state index contributed by atoms with van der Waals surface area (Å²) in [6.07, 6.45) is 0.681. The van der Waals surface area contributed by atoms with Gasteiger partial charge in [-0.15, -0.1) is 0 Å². The molecule has 0 spiro atoms. The molecule has 1 heterocycles. The van der Waals surface area contributed by atoms with Gasteiger partial charge < -0.3 is 19.7 Å². The third-order valence-electron chi connectivity index (χ3n) is 4.67. The van der Waals surface area contributed by atoms with Crippen molar-refractivity contribution in [3.63, 3.8) is 0 Å². The fourth-order valence-electron chi connectivity index (χ4n) is 3.13. The Morgan fingerprint density at radius 2 is 1.94 bits per heavy atom. The van der Waals surface area contributed by atoms with Gasteiger partial charge in [0.15, 0.2) is 0 Å². The molecule has 31 heavy (non-hydrogen) atoms. The van der Waals surface area contributed by atoms with Crippen molar-refractivity contribution in [2.45, 2.75) is 13.3 Å². The van der Waals surface area contributed by atoms with Crippen LogP contribution in [0.1, 0.15) is 34.1 Å². The highest BCUT2D eigenvalue weighted by atomic mass is 35.5. The van der Waals surface area contributed by atoms with Crippen LogP contribution in [0.5, 0.6) is 0 Å². The standard InChI is InChI=1S/C21H22ClN3O6/c1-2-9-31-21(27)17-12-14(3-6-19(17)24-7-10-30-11-8-24)23-20(26)16-13-15(25(28)29)4-5-18(16)22/h3-6,12-13H,2,7-11H2,1H3,(H,23,26). The number of hydrogen-bond acceptors (Lipinski definition) is 7. The maximum Gasteiger partial charge on any atom is 0.340 e. The zero-order valence-electron chi connectivity index (χ0n) is 16.9. The van der Waals surface area contributed by atoms with Gasteiger partial charge in [0, 0.05) is 30.9 Å². The monoisotopic (exact) mass is 447 g/mol. The number of nitro benzene ring substituents is 1. The van der Waals surface area contributed by atoms with Gasteiger partial charge in [-0.1, -0.05) is 18.5 Å². The molecule has 0 aromatic heterocycles. The zero-order valence-corrected chi connectivity index (χ0v) is 17.7. The van der Waals surface area contributed by atoms with E-state index in [2.05, 4.69) is 5.32 Å². The lowest BCUT2D eigenvalue weighted by atomic mass is 10.1. The first-order chi connectivity index (χ1) is 14.9. The Labute approximate surface area is 184 Å². The molecule has 0 radical (unpaired) electrons. The number of carbonyl (C=O) groups is 2. The summed E-state index contributed by atoms with van der Waals surface area (Å²) in [6.45, 7) is 4.53. The van der Waals surface area contributed by atoms with Crippen LogP contribution in [0, 0.1) is 10.1 Å². The van der Waals surface area contributed by atoms with Gasteiger partial charge in [0.1, 0.15) is 0 Å². The molecule has 9 nitrogen and oxygen atoms in total. The van der Waals surface area contributed by atoms with Gasteiger partial charge in [0.05, 0.1) is 46.6 Å². The fourth-order valence-corrected chi connectivity index (χ4v) is 3.33. The number of anilines is 2. The first kappa shape index (κ1) is 22.5. The fraction of sp³-hybridized carbons (Fsp3) is 0.333. The van der Waals surface area contributed by atoms with Crippen LogP contribution in [-0.2, 0) is 9.47 Å². The summed E-state index contributed by atoms with van der Waals surface area (Å²) in [4.78, 5) is 37.8. The van der Waals surface area contributed by atoms with Crippen molar-refractivity contribution < 1.29 is 24.0 Å². The number of morpholine rings is 1. The third-order valence-corrected chi connectivity index (χ3v) is 5.00. The van der Waals surface area contributed by atoms with Crippen LogP contribution in [0.4, 0.5) is 17.1 Å². The molecule has 0 bridgehead atoms. The molecule has 0 aliphatic carbocycles. The first-order valence-electron chi connectivity index (χ1n) is 9.80. The molecule has 1 aliphatic rings. The summed E-state index contributed by atoms with van der Waals surface area (Å²) >= 11 is 6.05. The number of non-ortho nitro benzene ring substituents is 1. The first-order valence-corrected chi connectivity index (χ1v) is 10.2. The lowest BCUT2D eigenvalue weighted by Gasteiger charge is -2.30. The van der Waals surface area contributed by atoms with Crippen molar-refractivity contribution in [3.8, 4) is 0 Å². The number of nitrogens with one attached hydrogen (secondary N) is 1. The van der Waals surface area contributed by atoms with E-state index in [-0.39, 0.29) is 22.9 Å². The SMILES string of the molecule is CCCOC(=O)c1cc(NC(=O)c2cc([N+](=O)[O-])ccc2Cl)ccc1N1CCOCC1. The van der Waals surface area contributed by atoms with Gasteiger partial charge in [-0.2, -0.15) is 0 Å². The van der Waals surface area contributed by atoms with Crippen LogP contribution in [0.3, 0.4) is 0 Å².